The molecule has 0 unspecified atom stereocenters. The molecule has 0 saturated heterocycles. The third kappa shape index (κ3) is 4.92. The molecule has 0 spiro atoms. The Labute approximate surface area is 176 Å². The summed E-state index contributed by atoms with van der Waals surface area (Å²) < 4.78 is 47.7. The lowest BCUT2D eigenvalue weighted by atomic mass is 9.95. The Hall–Kier alpha value is -2.62. The maximum absolute atomic E-state index is 14.2. The van der Waals surface area contributed by atoms with Crippen molar-refractivity contribution in [1.29, 1.82) is 0 Å². The molecule has 0 aromatic carbocycles. The topological polar surface area (TPSA) is 71.5 Å². The highest BCUT2D eigenvalue weighted by molar-refractivity contribution is 7.10. The van der Waals surface area contributed by atoms with Crippen LogP contribution in [-0.4, -0.2) is 35.3 Å². The molecule has 6 nitrogen and oxygen atoms in total. The van der Waals surface area contributed by atoms with Gasteiger partial charge in [0.2, 0.25) is 5.91 Å². The Morgan fingerprint density at radius 2 is 1.97 bits per heavy atom. The average molecular weight is 441 g/mol. The lowest BCUT2D eigenvalue weighted by molar-refractivity contribution is -0.187. The van der Waals surface area contributed by atoms with Gasteiger partial charge in [-0.05, 0) is 50.3 Å². The SMILES string of the molecule is CC(C)(C)OC(=O)N[C@H](c1cccs1)[C@@H](C(=O)N1CCc2cccnc21)C(F)(F)F. The number of pyridine rings is 1. The number of aromatic nitrogens is 1. The van der Waals surface area contributed by atoms with E-state index in [0.29, 0.717) is 12.0 Å². The molecule has 3 heterocycles. The van der Waals surface area contributed by atoms with Crippen LogP contribution in [0.3, 0.4) is 0 Å². The number of amides is 2. The molecule has 10 heteroatoms. The number of anilines is 1. The fourth-order valence-electron chi connectivity index (χ4n) is 3.28. The molecule has 0 saturated carbocycles. The predicted molar refractivity (Wildman–Crippen MR) is 106 cm³/mol. The summed E-state index contributed by atoms with van der Waals surface area (Å²) in [5.74, 6) is -3.43. The number of thiophene rings is 1. The minimum absolute atomic E-state index is 0.0986. The highest BCUT2D eigenvalue weighted by Crippen LogP contribution is 2.41. The number of halogens is 3. The van der Waals surface area contributed by atoms with Crippen LogP contribution in [0.4, 0.5) is 23.8 Å². The second-order valence-electron chi connectivity index (χ2n) is 7.88. The van der Waals surface area contributed by atoms with Gasteiger partial charge in [0.05, 0.1) is 6.04 Å². The molecule has 0 bridgehead atoms. The van der Waals surface area contributed by atoms with Crippen LogP contribution in [-0.2, 0) is 16.0 Å². The zero-order valence-electron chi connectivity index (χ0n) is 16.7. The summed E-state index contributed by atoms with van der Waals surface area (Å²) in [4.78, 5) is 30.8. The first-order chi connectivity index (χ1) is 14.0. The van der Waals surface area contributed by atoms with Gasteiger partial charge in [0.1, 0.15) is 11.4 Å². The molecule has 162 valence electrons. The van der Waals surface area contributed by atoms with Crippen LogP contribution in [0.2, 0.25) is 0 Å². The Balaban J connectivity index is 1.96. The summed E-state index contributed by atoms with van der Waals surface area (Å²) in [5, 5.41) is 3.86. The monoisotopic (exact) mass is 441 g/mol. The van der Waals surface area contributed by atoms with E-state index in [-0.39, 0.29) is 17.2 Å². The average Bonchev–Trinajstić information content (AvgIpc) is 3.28. The highest BCUT2D eigenvalue weighted by atomic mass is 32.1. The second kappa shape index (κ2) is 8.25. The van der Waals surface area contributed by atoms with E-state index in [1.807, 2.05) is 0 Å². The van der Waals surface area contributed by atoms with Crippen molar-refractivity contribution < 1.29 is 27.5 Å². The molecular formula is C20H22F3N3O3S. The van der Waals surface area contributed by atoms with Gasteiger partial charge in [-0.15, -0.1) is 11.3 Å². The molecule has 2 amide bonds. The van der Waals surface area contributed by atoms with Crippen molar-refractivity contribution in [2.75, 3.05) is 11.4 Å². The number of nitrogens with zero attached hydrogens (tertiary/aromatic N) is 2. The third-order valence-corrected chi connectivity index (χ3v) is 5.42. The van der Waals surface area contributed by atoms with Gasteiger partial charge in [-0.2, -0.15) is 13.2 Å². The fourth-order valence-corrected chi connectivity index (χ4v) is 4.10. The van der Waals surface area contributed by atoms with Crippen LogP contribution >= 0.6 is 11.3 Å². The van der Waals surface area contributed by atoms with Gasteiger partial charge in [0.25, 0.3) is 0 Å². The molecule has 0 aliphatic carbocycles. The molecule has 1 aliphatic rings. The van der Waals surface area contributed by atoms with Crippen molar-refractivity contribution >= 4 is 29.2 Å². The maximum atomic E-state index is 14.2. The van der Waals surface area contributed by atoms with Crippen LogP contribution in [0.25, 0.3) is 0 Å². The Kier molecular flexibility index (Phi) is 6.07. The van der Waals surface area contributed by atoms with E-state index >= 15 is 0 Å². The number of hydrogen-bond acceptors (Lipinski definition) is 5. The molecular weight excluding hydrogens is 419 g/mol. The quantitative estimate of drug-likeness (QED) is 0.760. The van der Waals surface area contributed by atoms with E-state index in [4.69, 9.17) is 4.74 Å². The zero-order chi connectivity index (χ0) is 22.1. The summed E-state index contributed by atoms with van der Waals surface area (Å²) in [7, 11) is 0. The van der Waals surface area contributed by atoms with Crippen molar-refractivity contribution in [3.8, 4) is 0 Å². The summed E-state index contributed by atoms with van der Waals surface area (Å²) in [5.41, 5.74) is -0.195. The maximum Gasteiger partial charge on any atom is 0.408 e. The predicted octanol–water partition coefficient (Wildman–Crippen LogP) is 4.48. The number of carbonyl (C=O) groups is 2. The van der Waals surface area contributed by atoms with Crippen LogP contribution in [0, 0.1) is 5.92 Å². The molecule has 3 rings (SSSR count). The Morgan fingerprint density at radius 1 is 1.23 bits per heavy atom. The molecule has 0 fully saturated rings. The molecule has 0 radical (unpaired) electrons. The summed E-state index contributed by atoms with van der Waals surface area (Å²) >= 11 is 1.02. The molecule has 1 aliphatic heterocycles. The lowest BCUT2D eigenvalue weighted by Crippen LogP contribution is -2.50. The number of ether oxygens (including phenoxy) is 1. The minimum Gasteiger partial charge on any atom is -0.444 e. The summed E-state index contributed by atoms with van der Waals surface area (Å²) in [6.07, 6.45) is -4.08. The molecule has 2 aromatic rings. The van der Waals surface area contributed by atoms with E-state index in [9.17, 15) is 22.8 Å². The van der Waals surface area contributed by atoms with E-state index in [1.165, 1.54) is 12.3 Å². The third-order valence-electron chi connectivity index (χ3n) is 4.47. The van der Waals surface area contributed by atoms with Gasteiger partial charge < -0.3 is 10.1 Å². The summed E-state index contributed by atoms with van der Waals surface area (Å²) in [6, 6.07) is 4.80. The van der Waals surface area contributed by atoms with Gasteiger partial charge in [0, 0.05) is 17.6 Å². The lowest BCUT2D eigenvalue weighted by Gasteiger charge is -2.32. The largest absolute Gasteiger partial charge is 0.444 e. The van der Waals surface area contributed by atoms with Crippen LogP contribution in [0.15, 0.2) is 35.8 Å². The first-order valence-electron chi connectivity index (χ1n) is 9.32. The molecule has 30 heavy (non-hydrogen) atoms. The molecule has 1 N–H and O–H groups in total. The number of carbonyl (C=O) groups excluding carboxylic acids is 2. The first-order valence-corrected chi connectivity index (χ1v) is 10.2. The summed E-state index contributed by atoms with van der Waals surface area (Å²) in [6.45, 7) is 4.91. The van der Waals surface area contributed by atoms with Crippen molar-refractivity contribution in [3.63, 3.8) is 0 Å². The Morgan fingerprint density at radius 3 is 2.57 bits per heavy atom. The van der Waals surface area contributed by atoms with E-state index < -0.39 is 35.7 Å². The van der Waals surface area contributed by atoms with Crippen LogP contribution in [0.5, 0.6) is 0 Å². The van der Waals surface area contributed by atoms with E-state index in [0.717, 1.165) is 16.2 Å². The van der Waals surface area contributed by atoms with Crippen molar-refractivity contribution in [1.82, 2.24) is 10.3 Å². The molecule has 2 atom stereocenters. The number of rotatable bonds is 4. The minimum atomic E-state index is -4.90. The standard InChI is InChI=1S/C20H22F3N3O3S/c1-19(2,3)29-18(28)25-15(13-7-5-11-30-13)14(20(21,22)23)17(27)26-10-8-12-6-4-9-24-16(12)26/h4-7,9,11,14-15H,8,10H2,1-3H3,(H,25,28)/t14-,15+/m0/s1. The first kappa shape index (κ1) is 22.1. The number of hydrogen-bond donors (Lipinski definition) is 1. The zero-order valence-corrected chi connectivity index (χ0v) is 17.5. The van der Waals surface area contributed by atoms with Gasteiger partial charge >= 0.3 is 12.3 Å². The highest BCUT2D eigenvalue weighted by Gasteiger charge is 2.53. The van der Waals surface area contributed by atoms with E-state index in [2.05, 4.69) is 10.3 Å². The van der Waals surface area contributed by atoms with Crippen molar-refractivity contribution in [3.05, 3.63) is 46.3 Å². The van der Waals surface area contributed by atoms with Gasteiger partial charge in [-0.1, -0.05) is 12.1 Å². The van der Waals surface area contributed by atoms with Crippen molar-refractivity contribution in [2.24, 2.45) is 5.92 Å². The van der Waals surface area contributed by atoms with E-state index in [1.54, 1.807) is 44.4 Å². The Bertz CT molecular complexity index is 910. The second-order valence-corrected chi connectivity index (χ2v) is 8.86. The van der Waals surface area contributed by atoms with Gasteiger partial charge in [-0.3, -0.25) is 9.69 Å². The van der Waals surface area contributed by atoms with Crippen molar-refractivity contribution in [2.45, 2.75) is 45.0 Å². The normalized spacial score (nSPS) is 16.0. The number of alkyl carbamates (subject to hydrolysis) is 1. The smallest absolute Gasteiger partial charge is 0.408 e. The van der Waals surface area contributed by atoms with Gasteiger partial charge in [0.15, 0.2) is 5.92 Å². The van der Waals surface area contributed by atoms with Crippen LogP contribution in [0.1, 0.15) is 37.3 Å². The molecule has 2 aromatic heterocycles. The number of fused-ring (bicyclic) bond motifs is 1. The van der Waals surface area contributed by atoms with Gasteiger partial charge in [-0.25, -0.2) is 9.78 Å². The number of alkyl halides is 3. The fraction of sp³-hybridized carbons (Fsp3) is 0.450. The van der Waals surface area contributed by atoms with Crippen LogP contribution < -0.4 is 10.2 Å². The number of nitrogens with one attached hydrogen (secondary N) is 1.